The van der Waals surface area contributed by atoms with Crippen molar-refractivity contribution < 1.29 is 13.9 Å². The molecule has 1 aliphatic rings. The Morgan fingerprint density at radius 3 is 2.70 bits per heavy atom. The molecule has 1 amide bonds. The standard InChI is InChI=1S/C19H18FN5O2/c20-12-3-5-13(6-4-12)27-14-7-8-18(22-11-14)23-19(26)17-10-16(24-25-17)15-2-1-9-21-15/h3-8,10-11,15,21H,1-2,9H2,(H,24,25)(H,22,23,26). The molecule has 3 N–H and O–H groups in total. The fourth-order valence-electron chi connectivity index (χ4n) is 2.92. The van der Waals surface area contributed by atoms with E-state index in [0.717, 1.165) is 25.1 Å². The normalized spacial score (nSPS) is 16.3. The highest BCUT2D eigenvalue weighted by molar-refractivity contribution is 6.02. The van der Waals surface area contributed by atoms with E-state index in [1.165, 1.54) is 30.5 Å². The first-order valence-electron chi connectivity index (χ1n) is 8.67. The molecule has 1 fully saturated rings. The Hall–Kier alpha value is -3.26. The zero-order valence-corrected chi connectivity index (χ0v) is 14.4. The number of anilines is 1. The van der Waals surface area contributed by atoms with Crippen LogP contribution >= 0.6 is 0 Å². The van der Waals surface area contributed by atoms with Crippen LogP contribution in [0.4, 0.5) is 10.2 Å². The van der Waals surface area contributed by atoms with Crippen molar-refractivity contribution >= 4 is 11.7 Å². The molecule has 1 saturated heterocycles. The van der Waals surface area contributed by atoms with Gasteiger partial charge in [-0.3, -0.25) is 9.89 Å². The Morgan fingerprint density at radius 2 is 2.00 bits per heavy atom. The van der Waals surface area contributed by atoms with Gasteiger partial charge in [0, 0.05) is 6.04 Å². The summed E-state index contributed by atoms with van der Waals surface area (Å²) in [5.41, 5.74) is 1.22. The summed E-state index contributed by atoms with van der Waals surface area (Å²) >= 11 is 0. The minimum atomic E-state index is -0.338. The quantitative estimate of drug-likeness (QED) is 0.643. The van der Waals surface area contributed by atoms with Crippen LogP contribution in [0.25, 0.3) is 0 Å². The van der Waals surface area contributed by atoms with E-state index in [4.69, 9.17) is 4.74 Å². The number of rotatable bonds is 5. The van der Waals surface area contributed by atoms with Crippen LogP contribution < -0.4 is 15.4 Å². The summed E-state index contributed by atoms with van der Waals surface area (Å²) in [7, 11) is 0. The van der Waals surface area contributed by atoms with Gasteiger partial charge in [-0.25, -0.2) is 9.37 Å². The molecule has 1 aliphatic heterocycles. The van der Waals surface area contributed by atoms with Crippen molar-refractivity contribution in [1.29, 1.82) is 0 Å². The Kier molecular flexibility index (Phi) is 4.80. The summed E-state index contributed by atoms with van der Waals surface area (Å²) in [6, 6.07) is 11.0. The number of pyridine rings is 1. The van der Waals surface area contributed by atoms with Gasteiger partial charge < -0.3 is 15.4 Å². The van der Waals surface area contributed by atoms with Crippen molar-refractivity contribution in [3.8, 4) is 11.5 Å². The molecule has 1 unspecified atom stereocenters. The second kappa shape index (κ2) is 7.55. The SMILES string of the molecule is O=C(Nc1ccc(Oc2ccc(F)cc2)cn1)c1cc(C2CCCN2)[nH]n1. The molecule has 27 heavy (non-hydrogen) atoms. The molecule has 4 rings (SSSR count). The first-order valence-corrected chi connectivity index (χ1v) is 8.67. The number of amides is 1. The van der Waals surface area contributed by atoms with E-state index in [9.17, 15) is 9.18 Å². The van der Waals surface area contributed by atoms with E-state index in [2.05, 4.69) is 25.8 Å². The molecule has 0 bridgehead atoms. The molecule has 8 heteroatoms. The molecular formula is C19H18FN5O2. The van der Waals surface area contributed by atoms with Gasteiger partial charge in [-0.05, 0) is 61.9 Å². The number of aromatic nitrogens is 3. The van der Waals surface area contributed by atoms with E-state index in [1.54, 1.807) is 18.2 Å². The number of benzene rings is 1. The predicted octanol–water partition coefficient (Wildman–Crippen LogP) is 3.41. The number of hydrogen-bond donors (Lipinski definition) is 3. The van der Waals surface area contributed by atoms with Gasteiger partial charge in [-0.2, -0.15) is 5.10 Å². The number of halogens is 1. The maximum absolute atomic E-state index is 12.9. The van der Waals surface area contributed by atoms with Gasteiger partial charge >= 0.3 is 0 Å². The molecule has 0 spiro atoms. The highest BCUT2D eigenvalue weighted by Crippen LogP contribution is 2.23. The van der Waals surface area contributed by atoms with E-state index in [0.29, 0.717) is 23.0 Å². The monoisotopic (exact) mass is 367 g/mol. The van der Waals surface area contributed by atoms with Crippen LogP contribution in [0.5, 0.6) is 11.5 Å². The van der Waals surface area contributed by atoms with Gasteiger partial charge in [0.05, 0.1) is 11.9 Å². The minimum Gasteiger partial charge on any atom is -0.456 e. The average Bonchev–Trinajstić information content (AvgIpc) is 3.36. The van der Waals surface area contributed by atoms with Crippen LogP contribution in [0.1, 0.15) is 35.1 Å². The molecule has 3 aromatic rings. The second-order valence-electron chi connectivity index (χ2n) is 6.25. The zero-order chi connectivity index (χ0) is 18.6. The fourth-order valence-corrected chi connectivity index (χ4v) is 2.92. The zero-order valence-electron chi connectivity index (χ0n) is 14.4. The summed E-state index contributed by atoms with van der Waals surface area (Å²) in [4.78, 5) is 16.5. The van der Waals surface area contributed by atoms with Crippen molar-refractivity contribution in [2.75, 3.05) is 11.9 Å². The first kappa shape index (κ1) is 17.2. The number of carbonyl (C=O) groups is 1. The number of carbonyl (C=O) groups excluding carboxylic acids is 1. The molecule has 1 aromatic carbocycles. The maximum atomic E-state index is 12.9. The lowest BCUT2D eigenvalue weighted by atomic mass is 10.1. The van der Waals surface area contributed by atoms with Crippen molar-refractivity contribution in [3.63, 3.8) is 0 Å². The van der Waals surface area contributed by atoms with Gasteiger partial charge in [0.15, 0.2) is 5.69 Å². The molecule has 0 aliphatic carbocycles. The van der Waals surface area contributed by atoms with Crippen LogP contribution in [0.2, 0.25) is 0 Å². The van der Waals surface area contributed by atoms with Gasteiger partial charge in [0.25, 0.3) is 5.91 Å². The second-order valence-corrected chi connectivity index (χ2v) is 6.25. The number of H-pyrrole nitrogens is 1. The van der Waals surface area contributed by atoms with Gasteiger partial charge in [-0.15, -0.1) is 0 Å². The van der Waals surface area contributed by atoms with Crippen molar-refractivity contribution in [3.05, 3.63) is 65.9 Å². The molecule has 138 valence electrons. The summed E-state index contributed by atoms with van der Waals surface area (Å²) in [6.45, 7) is 0.974. The van der Waals surface area contributed by atoms with E-state index in [1.807, 2.05) is 0 Å². The van der Waals surface area contributed by atoms with E-state index < -0.39 is 0 Å². The van der Waals surface area contributed by atoms with Crippen LogP contribution in [-0.2, 0) is 0 Å². The smallest absolute Gasteiger partial charge is 0.277 e. The number of nitrogens with zero attached hydrogens (tertiary/aromatic N) is 2. The van der Waals surface area contributed by atoms with E-state index >= 15 is 0 Å². The lowest BCUT2D eigenvalue weighted by Crippen LogP contribution is -2.14. The first-order chi connectivity index (χ1) is 13.2. The van der Waals surface area contributed by atoms with Crippen LogP contribution in [0.15, 0.2) is 48.7 Å². The summed E-state index contributed by atoms with van der Waals surface area (Å²) in [6.07, 6.45) is 3.62. The number of ether oxygens (including phenoxy) is 1. The van der Waals surface area contributed by atoms with Crippen molar-refractivity contribution in [2.24, 2.45) is 0 Å². The molecular weight excluding hydrogens is 349 g/mol. The third-order valence-electron chi connectivity index (χ3n) is 4.29. The average molecular weight is 367 g/mol. The summed E-state index contributed by atoms with van der Waals surface area (Å²) in [5.74, 6) is 0.697. The van der Waals surface area contributed by atoms with Crippen molar-refractivity contribution in [1.82, 2.24) is 20.5 Å². The molecule has 7 nitrogen and oxygen atoms in total. The van der Waals surface area contributed by atoms with E-state index in [-0.39, 0.29) is 17.8 Å². The maximum Gasteiger partial charge on any atom is 0.277 e. The lowest BCUT2D eigenvalue weighted by Gasteiger charge is -2.07. The Morgan fingerprint density at radius 1 is 1.19 bits per heavy atom. The molecule has 0 radical (unpaired) electrons. The third-order valence-corrected chi connectivity index (χ3v) is 4.29. The van der Waals surface area contributed by atoms with Gasteiger partial charge in [0.1, 0.15) is 23.1 Å². The van der Waals surface area contributed by atoms with Crippen LogP contribution in [0.3, 0.4) is 0 Å². The highest BCUT2D eigenvalue weighted by Gasteiger charge is 2.20. The summed E-state index contributed by atoms with van der Waals surface area (Å²) < 4.78 is 18.5. The Bertz CT molecular complexity index is 918. The van der Waals surface area contributed by atoms with Crippen molar-refractivity contribution in [2.45, 2.75) is 18.9 Å². The topological polar surface area (TPSA) is 91.9 Å². The van der Waals surface area contributed by atoms with Gasteiger partial charge in [0.2, 0.25) is 0 Å². The number of hydrogen-bond acceptors (Lipinski definition) is 5. The van der Waals surface area contributed by atoms with Gasteiger partial charge in [-0.1, -0.05) is 0 Å². The molecule has 1 atom stereocenters. The highest BCUT2D eigenvalue weighted by atomic mass is 19.1. The Balaban J connectivity index is 1.37. The van der Waals surface area contributed by atoms with Crippen LogP contribution in [0, 0.1) is 5.82 Å². The van der Waals surface area contributed by atoms with Crippen LogP contribution in [-0.4, -0.2) is 27.6 Å². The fraction of sp³-hybridized carbons (Fsp3) is 0.211. The predicted molar refractivity (Wildman–Crippen MR) is 97.2 cm³/mol. The Labute approximate surface area is 155 Å². The lowest BCUT2D eigenvalue weighted by molar-refractivity contribution is 0.102. The minimum absolute atomic E-state index is 0.222. The molecule has 3 heterocycles. The molecule has 0 saturated carbocycles. The third kappa shape index (κ3) is 4.12. The summed E-state index contributed by atoms with van der Waals surface area (Å²) in [5, 5.41) is 13.0. The largest absolute Gasteiger partial charge is 0.456 e. The number of nitrogens with one attached hydrogen (secondary N) is 3. The number of aromatic amines is 1. The molecule has 2 aromatic heterocycles.